The van der Waals surface area contributed by atoms with Crippen molar-refractivity contribution >= 4 is 5.97 Å². The van der Waals surface area contributed by atoms with Gasteiger partial charge in [-0.05, 0) is 25.8 Å². The first-order chi connectivity index (χ1) is 5.99. The summed E-state index contributed by atoms with van der Waals surface area (Å²) in [6.45, 7) is 8.83. The first-order valence-corrected chi connectivity index (χ1v) is 4.82. The van der Waals surface area contributed by atoms with E-state index >= 15 is 0 Å². The Balaban J connectivity index is 4.43. The molecule has 0 rings (SSSR count). The molecule has 0 amide bonds. The molecular weight excluding hydrogens is 166 g/mol. The van der Waals surface area contributed by atoms with Gasteiger partial charge in [0, 0.05) is 0 Å². The van der Waals surface area contributed by atoms with Crippen molar-refractivity contribution in [2.75, 3.05) is 13.7 Å². The van der Waals surface area contributed by atoms with Crippen molar-refractivity contribution in [1.82, 2.24) is 5.32 Å². The van der Waals surface area contributed by atoms with Crippen LogP contribution in [-0.4, -0.2) is 25.2 Å². The number of hydrogen-bond acceptors (Lipinski definition) is 3. The summed E-state index contributed by atoms with van der Waals surface area (Å²) in [7, 11) is 1.43. The van der Waals surface area contributed by atoms with Gasteiger partial charge in [-0.2, -0.15) is 0 Å². The van der Waals surface area contributed by atoms with E-state index in [0.29, 0.717) is 0 Å². The predicted molar refractivity (Wildman–Crippen MR) is 53.6 cm³/mol. The van der Waals surface area contributed by atoms with Gasteiger partial charge in [0.1, 0.15) is 5.54 Å². The van der Waals surface area contributed by atoms with Crippen molar-refractivity contribution in [2.24, 2.45) is 5.92 Å². The normalized spacial score (nSPS) is 15.5. The zero-order valence-corrected chi connectivity index (χ0v) is 9.31. The predicted octanol–water partition coefficient (Wildman–Crippen LogP) is 1.57. The SMILES string of the molecule is CCCNC(C)(C(=O)OC)C(C)C. The average molecular weight is 187 g/mol. The van der Waals surface area contributed by atoms with Gasteiger partial charge in [0.25, 0.3) is 0 Å². The molecule has 0 spiro atoms. The molecule has 0 saturated carbocycles. The third-order valence-electron chi connectivity index (χ3n) is 2.51. The van der Waals surface area contributed by atoms with Crippen LogP contribution in [0.5, 0.6) is 0 Å². The van der Waals surface area contributed by atoms with E-state index in [1.54, 1.807) is 0 Å². The number of hydrogen-bond donors (Lipinski definition) is 1. The van der Waals surface area contributed by atoms with Crippen LogP contribution in [0, 0.1) is 5.92 Å². The first kappa shape index (κ1) is 12.4. The summed E-state index contributed by atoms with van der Waals surface area (Å²) in [5.41, 5.74) is -0.551. The zero-order valence-electron chi connectivity index (χ0n) is 9.31. The van der Waals surface area contributed by atoms with Gasteiger partial charge in [-0.25, -0.2) is 0 Å². The highest BCUT2D eigenvalue weighted by Gasteiger charge is 2.36. The van der Waals surface area contributed by atoms with Crippen molar-refractivity contribution in [3.63, 3.8) is 0 Å². The second-order valence-corrected chi connectivity index (χ2v) is 3.78. The fourth-order valence-electron chi connectivity index (χ4n) is 1.11. The van der Waals surface area contributed by atoms with Gasteiger partial charge in [-0.1, -0.05) is 20.8 Å². The van der Waals surface area contributed by atoms with Crippen LogP contribution in [0.2, 0.25) is 0 Å². The van der Waals surface area contributed by atoms with E-state index in [-0.39, 0.29) is 11.9 Å². The molecule has 13 heavy (non-hydrogen) atoms. The molecule has 0 aromatic heterocycles. The summed E-state index contributed by atoms with van der Waals surface area (Å²) in [6.07, 6.45) is 1.01. The molecule has 3 nitrogen and oxygen atoms in total. The van der Waals surface area contributed by atoms with Gasteiger partial charge in [0.05, 0.1) is 7.11 Å². The smallest absolute Gasteiger partial charge is 0.326 e. The monoisotopic (exact) mass is 187 g/mol. The van der Waals surface area contributed by atoms with Gasteiger partial charge in [-0.15, -0.1) is 0 Å². The maximum absolute atomic E-state index is 11.5. The maximum Gasteiger partial charge on any atom is 0.326 e. The number of carbonyl (C=O) groups is 1. The minimum absolute atomic E-state index is 0.184. The second-order valence-electron chi connectivity index (χ2n) is 3.78. The van der Waals surface area contributed by atoms with Gasteiger partial charge in [0.2, 0.25) is 0 Å². The van der Waals surface area contributed by atoms with E-state index in [0.717, 1.165) is 13.0 Å². The standard InChI is InChI=1S/C10H21NO2/c1-6-7-11-10(4,8(2)3)9(12)13-5/h8,11H,6-7H2,1-5H3. The third kappa shape index (κ3) is 2.99. The average Bonchev–Trinajstić information content (AvgIpc) is 2.12. The minimum Gasteiger partial charge on any atom is -0.468 e. The van der Waals surface area contributed by atoms with Gasteiger partial charge in [0.15, 0.2) is 0 Å². The summed E-state index contributed by atoms with van der Waals surface area (Å²) in [5, 5.41) is 3.22. The fraction of sp³-hybridized carbons (Fsp3) is 0.900. The number of carbonyl (C=O) groups excluding carboxylic acids is 1. The molecule has 0 aliphatic carbocycles. The van der Waals surface area contributed by atoms with Crippen molar-refractivity contribution in [2.45, 2.75) is 39.7 Å². The summed E-state index contributed by atoms with van der Waals surface area (Å²) in [4.78, 5) is 11.5. The van der Waals surface area contributed by atoms with Gasteiger partial charge < -0.3 is 10.1 Å². The molecule has 0 fully saturated rings. The lowest BCUT2D eigenvalue weighted by molar-refractivity contribution is -0.149. The van der Waals surface area contributed by atoms with E-state index < -0.39 is 5.54 Å². The van der Waals surface area contributed by atoms with E-state index in [1.165, 1.54) is 7.11 Å². The summed E-state index contributed by atoms with van der Waals surface area (Å²) < 4.78 is 4.77. The first-order valence-electron chi connectivity index (χ1n) is 4.82. The Morgan fingerprint density at radius 1 is 1.54 bits per heavy atom. The van der Waals surface area contributed by atoms with E-state index in [4.69, 9.17) is 4.74 Å². The van der Waals surface area contributed by atoms with Crippen LogP contribution >= 0.6 is 0 Å². The molecule has 1 atom stereocenters. The second kappa shape index (κ2) is 5.22. The Labute approximate surface area is 80.8 Å². The van der Waals surface area contributed by atoms with Gasteiger partial charge in [-0.3, -0.25) is 4.79 Å². The van der Waals surface area contributed by atoms with Crippen molar-refractivity contribution in [3.05, 3.63) is 0 Å². The molecule has 1 unspecified atom stereocenters. The van der Waals surface area contributed by atoms with Crippen LogP contribution < -0.4 is 5.32 Å². The lowest BCUT2D eigenvalue weighted by atomic mass is 9.88. The van der Waals surface area contributed by atoms with Crippen LogP contribution in [-0.2, 0) is 9.53 Å². The highest BCUT2D eigenvalue weighted by atomic mass is 16.5. The topological polar surface area (TPSA) is 38.3 Å². The van der Waals surface area contributed by atoms with Crippen molar-refractivity contribution in [3.8, 4) is 0 Å². The molecule has 0 aromatic rings. The molecule has 0 heterocycles. The van der Waals surface area contributed by atoms with E-state index in [1.807, 2.05) is 20.8 Å². The Bertz CT molecular complexity index is 168. The summed E-state index contributed by atoms with van der Waals surface area (Å²) >= 11 is 0. The lowest BCUT2D eigenvalue weighted by Gasteiger charge is -2.31. The van der Waals surface area contributed by atoms with E-state index in [9.17, 15) is 4.79 Å². The molecule has 1 N–H and O–H groups in total. The van der Waals surface area contributed by atoms with Crippen LogP contribution in [0.15, 0.2) is 0 Å². The molecule has 78 valence electrons. The molecule has 0 radical (unpaired) electrons. The summed E-state index contributed by atoms with van der Waals surface area (Å²) in [5.74, 6) is 0.0439. The number of ether oxygens (including phenoxy) is 1. The largest absolute Gasteiger partial charge is 0.468 e. The lowest BCUT2D eigenvalue weighted by Crippen LogP contribution is -2.54. The Kier molecular flexibility index (Phi) is 4.99. The number of methoxy groups -OCH3 is 1. The zero-order chi connectivity index (χ0) is 10.5. The maximum atomic E-state index is 11.5. The molecule has 0 bridgehead atoms. The quantitative estimate of drug-likeness (QED) is 0.664. The Morgan fingerprint density at radius 2 is 2.08 bits per heavy atom. The molecule has 0 aliphatic rings. The Morgan fingerprint density at radius 3 is 2.38 bits per heavy atom. The molecular formula is C10H21NO2. The summed E-state index contributed by atoms with van der Waals surface area (Å²) in [6, 6.07) is 0. The molecule has 0 saturated heterocycles. The number of nitrogens with one attached hydrogen (secondary N) is 1. The van der Waals surface area contributed by atoms with Crippen LogP contribution in [0.1, 0.15) is 34.1 Å². The molecule has 0 aromatic carbocycles. The highest BCUT2D eigenvalue weighted by molar-refractivity contribution is 5.80. The van der Waals surface area contributed by atoms with E-state index in [2.05, 4.69) is 12.2 Å². The Hall–Kier alpha value is -0.570. The third-order valence-corrected chi connectivity index (χ3v) is 2.51. The van der Waals surface area contributed by atoms with Crippen molar-refractivity contribution < 1.29 is 9.53 Å². The van der Waals surface area contributed by atoms with Gasteiger partial charge >= 0.3 is 5.97 Å². The van der Waals surface area contributed by atoms with Crippen LogP contribution in [0.25, 0.3) is 0 Å². The highest BCUT2D eigenvalue weighted by Crippen LogP contribution is 2.17. The fourth-order valence-corrected chi connectivity index (χ4v) is 1.11. The minimum atomic E-state index is -0.551. The van der Waals surface area contributed by atoms with Crippen LogP contribution in [0.4, 0.5) is 0 Å². The van der Waals surface area contributed by atoms with Crippen molar-refractivity contribution in [1.29, 1.82) is 0 Å². The number of rotatable bonds is 5. The van der Waals surface area contributed by atoms with Crippen LogP contribution in [0.3, 0.4) is 0 Å². The molecule has 3 heteroatoms. The number of esters is 1. The molecule has 0 aliphatic heterocycles.